The van der Waals surface area contributed by atoms with E-state index in [0.717, 1.165) is 42.0 Å². The SMILES string of the molecule is C=C[C@@H]1C[C@@]1(C(=O)NS(=O)(=O)C1CC1)N1C(=O)OCC(C)(C)CCC=Cc2ccc3ccnc(c3c2)OC2CCN(C2)C(=O)C1C1CCCCC1. The zero-order valence-electron chi connectivity index (χ0n) is 29.7. The van der Waals surface area contributed by atoms with Crippen LogP contribution in [0.1, 0.15) is 90.0 Å². The Morgan fingerprint density at radius 2 is 1.86 bits per heavy atom. The fourth-order valence-corrected chi connectivity index (χ4v) is 9.56. The molecule has 1 saturated heterocycles. The lowest BCUT2D eigenvalue weighted by atomic mass is 9.81. The normalized spacial score (nSPS) is 29.1. The Kier molecular flexibility index (Phi) is 9.66. The number of rotatable bonds is 6. The first kappa shape index (κ1) is 35.5. The average Bonchev–Trinajstić information content (AvgIpc) is 4.04. The molecule has 274 valence electrons. The van der Waals surface area contributed by atoms with Crippen molar-refractivity contribution in [2.24, 2.45) is 17.3 Å². The van der Waals surface area contributed by atoms with E-state index in [1.165, 1.54) is 4.90 Å². The molecule has 1 aromatic heterocycles. The van der Waals surface area contributed by atoms with Gasteiger partial charge in [-0.05, 0) is 79.4 Å². The second-order valence-corrected chi connectivity index (χ2v) is 17.9. The highest BCUT2D eigenvalue weighted by Crippen LogP contribution is 2.53. The number of carbonyl (C=O) groups is 3. The van der Waals surface area contributed by atoms with Crippen LogP contribution in [0, 0.1) is 17.3 Å². The summed E-state index contributed by atoms with van der Waals surface area (Å²) in [5, 5.41) is 1.27. The zero-order chi connectivity index (χ0) is 36.0. The molecule has 0 radical (unpaired) electrons. The summed E-state index contributed by atoms with van der Waals surface area (Å²) in [7, 11) is -3.94. The number of amides is 3. The standard InChI is InChI=1S/C39H50N4O7S/c1-4-29-23-39(29,36(45)41-51(47,48)31-15-16-31)43-33(28-11-6-5-7-12-28)35(44)42-21-18-30(24-42)50-34-32-22-26(13-14-27(32)17-20-40-34)10-8-9-19-38(2,3)25-49-37(43)46/h4,8,10,13-14,17,20,22,28-31,33H,1,5-7,9,11-12,15-16,18-19,21,23-25H2,2-3H3,(H,41,45)/t29-,30?,33?,39-/m1/s1. The van der Waals surface area contributed by atoms with Crippen molar-refractivity contribution in [2.45, 2.75) is 107 Å². The second kappa shape index (κ2) is 13.9. The van der Waals surface area contributed by atoms with Crippen LogP contribution in [0.5, 0.6) is 5.88 Å². The molecule has 0 spiro atoms. The number of hydrogen-bond acceptors (Lipinski definition) is 8. The molecule has 3 amide bonds. The quantitative estimate of drug-likeness (QED) is 0.360. The van der Waals surface area contributed by atoms with Crippen molar-refractivity contribution < 1.29 is 32.3 Å². The van der Waals surface area contributed by atoms with E-state index in [4.69, 9.17) is 9.47 Å². The van der Waals surface area contributed by atoms with E-state index in [0.29, 0.717) is 50.9 Å². The molecule has 3 aliphatic carbocycles. The number of aromatic nitrogens is 1. The third kappa shape index (κ3) is 7.25. The van der Waals surface area contributed by atoms with Gasteiger partial charge in [-0.2, -0.15) is 0 Å². The predicted octanol–water partition coefficient (Wildman–Crippen LogP) is 5.99. The topological polar surface area (TPSA) is 135 Å². The number of pyridine rings is 1. The summed E-state index contributed by atoms with van der Waals surface area (Å²) in [5.41, 5.74) is -1.03. The molecule has 2 unspecified atom stereocenters. The number of fused-ring (bicyclic) bond motifs is 3. The van der Waals surface area contributed by atoms with Crippen LogP contribution in [0.3, 0.4) is 0 Å². The monoisotopic (exact) mass is 718 g/mol. The fourth-order valence-electron chi connectivity index (χ4n) is 8.20. The first-order valence-corrected chi connectivity index (χ1v) is 20.1. The van der Waals surface area contributed by atoms with Gasteiger partial charge in [0.15, 0.2) is 0 Å². The number of cyclic esters (lactones) is 1. The smallest absolute Gasteiger partial charge is 0.411 e. The van der Waals surface area contributed by atoms with Crippen LogP contribution in [0.25, 0.3) is 16.8 Å². The Morgan fingerprint density at radius 3 is 2.59 bits per heavy atom. The van der Waals surface area contributed by atoms with Crippen LogP contribution in [-0.2, 0) is 24.3 Å². The van der Waals surface area contributed by atoms with Crippen molar-refractivity contribution in [2.75, 3.05) is 19.7 Å². The minimum atomic E-state index is -3.94. The van der Waals surface area contributed by atoms with Gasteiger partial charge in [0, 0.05) is 30.5 Å². The van der Waals surface area contributed by atoms with Crippen LogP contribution in [-0.4, -0.2) is 83.7 Å². The van der Waals surface area contributed by atoms with Gasteiger partial charge >= 0.3 is 6.09 Å². The van der Waals surface area contributed by atoms with Crippen LogP contribution in [0.15, 0.2) is 49.2 Å². The summed E-state index contributed by atoms with van der Waals surface area (Å²) >= 11 is 0. The van der Waals surface area contributed by atoms with Gasteiger partial charge in [-0.15, -0.1) is 6.58 Å². The molecule has 1 aromatic carbocycles. The maximum absolute atomic E-state index is 15.0. The van der Waals surface area contributed by atoms with Gasteiger partial charge in [0.05, 0.1) is 18.4 Å². The molecule has 4 atom stereocenters. The third-order valence-corrected chi connectivity index (χ3v) is 13.3. The van der Waals surface area contributed by atoms with Crippen molar-refractivity contribution >= 4 is 44.8 Å². The molecule has 3 heterocycles. The first-order chi connectivity index (χ1) is 24.4. The number of nitrogens with one attached hydrogen (secondary N) is 1. The summed E-state index contributed by atoms with van der Waals surface area (Å²) in [4.78, 5) is 51.6. The van der Waals surface area contributed by atoms with Gasteiger partial charge in [0.2, 0.25) is 21.8 Å². The lowest BCUT2D eigenvalue weighted by molar-refractivity contribution is -0.142. The Balaban J connectivity index is 1.29. The number of sulfonamides is 1. The number of nitrogens with zero attached hydrogens (tertiary/aromatic N) is 3. The highest BCUT2D eigenvalue weighted by molar-refractivity contribution is 7.91. The van der Waals surface area contributed by atoms with E-state index < -0.39 is 50.2 Å². The minimum Gasteiger partial charge on any atom is -0.472 e. The number of carbonyl (C=O) groups excluding carboxylic acids is 3. The van der Waals surface area contributed by atoms with Crippen molar-refractivity contribution in [3.63, 3.8) is 0 Å². The lowest BCUT2D eigenvalue weighted by Crippen LogP contribution is -2.64. The molecule has 12 heteroatoms. The molecule has 4 fully saturated rings. The molecule has 2 aromatic rings. The summed E-state index contributed by atoms with van der Waals surface area (Å²) in [6.45, 7) is 8.74. The predicted molar refractivity (Wildman–Crippen MR) is 194 cm³/mol. The number of allylic oxidation sites excluding steroid dienone is 1. The lowest BCUT2D eigenvalue weighted by Gasteiger charge is -2.43. The number of hydrogen-bond donors (Lipinski definition) is 1. The van der Waals surface area contributed by atoms with Gasteiger partial charge in [-0.1, -0.05) is 63.5 Å². The third-order valence-electron chi connectivity index (χ3n) is 11.5. The van der Waals surface area contributed by atoms with E-state index in [2.05, 4.69) is 46.6 Å². The molecule has 2 aliphatic heterocycles. The zero-order valence-corrected chi connectivity index (χ0v) is 30.5. The van der Waals surface area contributed by atoms with Crippen molar-refractivity contribution in [3.05, 3.63) is 54.8 Å². The molecule has 1 N–H and O–H groups in total. The van der Waals surface area contributed by atoms with E-state index in [1.807, 2.05) is 19.9 Å². The van der Waals surface area contributed by atoms with Crippen molar-refractivity contribution in [1.82, 2.24) is 19.5 Å². The summed E-state index contributed by atoms with van der Waals surface area (Å²) < 4.78 is 41.2. The van der Waals surface area contributed by atoms with E-state index in [1.54, 1.807) is 17.2 Å². The fraction of sp³-hybridized carbons (Fsp3) is 0.590. The molecule has 51 heavy (non-hydrogen) atoms. The van der Waals surface area contributed by atoms with Crippen LogP contribution < -0.4 is 9.46 Å². The summed E-state index contributed by atoms with van der Waals surface area (Å²) in [5.74, 6) is -1.34. The Labute approximate surface area is 300 Å². The molecule has 3 saturated carbocycles. The van der Waals surface area contributed by atoms with Crippen LogP contribution in [0.4, 0.5) is 4.79 Å². The van der Waals surface area contributed by atoms with E-state index in [-0.39, 0.29) is 37.5 Å². The molecule has 11 nitrogen and oxygen atoms in total. The molecule has 7 rings (SSSR count). The summed E-state index contributed by atoms with van der Waals surface area (Å²) in [6.07, 6.45) is 13.7. The minimum absolute atomic E-state index is 0.0587. The maximum atomic E-state index is 15.0. The van der Waals surface area contributed by atoms with Crippen molar-refractivity contribution in [1.29, 1.82) is 0 Å². The number of ether oxygens (including phenoxy) is 2. The molecule has 5 aliphatic rings. The highest BCUT2D eigenvalue weighted by atomic mass is 32.2. The van der Waals surface area contributed by atoms with Gasteiger partial charge in [-0.3, -0.25) is 19.2 Å². The van der Waals surface area contributed by atoms with Crippen LogP contribution in [0.2, 0.25) is 0 Å². The highest BCUT2D eigenvalue weighted by Gasteiger charge is 2.68. The van der Waals surface area contributed by atoms with Gasteiger partial charge in [0.1, 0.15) is 17.7 Å². The molecular formula is C39H50N4O7S. The Morgan fingerprint density at radius 1 is 1.08 bits per heavy atom. The Hall–Kier alpha value is -3.93. The average molecular weight is 719 g/mol. The summed E-state index contributed by atoms with van der Waals surface area (Å²) in [6, 6.07) is 7.12. The molecule has 4 bridgehead atoms. The van der Waals surface area contributed by atoms with E-state index in [9.17, 15) is 22.8 Å². The van der Waals surface area contributed by atoms with Gasteiger partial charge in [-0.25, -0.2) is 18.2 Å². The van der Waals surface area contributed by atoms with Crippen molar-refractivity contribution in [3.8, 4) is 5.88 Å². The van der Waals surface area contributed by atoms with Crippen LogP contribution >= 0.6 is 0 Å². The first-order valence-electron chi connectivity index (χ1n) is 18.6. The van der Waals surface area contributed by atoms with Gasteiger partial charge < -0.3 is 14.4 Å². The van der Waals surface area contributed by atoms with E-state index >= 15 is 0 Å². The number of benzene rings is 1. The maximum Gasteiger partial charge on any atom is 0.411 e. The largest absolute Gasteiger partial charge is 0.472 e. The van der Waals surface area contributed by atoms with Gasteiger partial charge in [0.25, 0.3) is 5.91 Å². The molecular weight excluding hydrogens is 669 g/mol. The Bertz CT molecular complexity index is 1830. The second-order valence-electron chi connectivity index (χ2n) is 15.9.